The van der Waals surface area contributed by atoms with E-state index in [4.69, 9.17) is 16.3 Å². The molecule has 0 aromatic heterocycles. The SMILES string of the molecule is CC1(Cc2ccc(Cl)c(F)c2)Cc2cc(CCC(=O)N3CCC(O)CC3)ccc2O1. The van der Waals surface area contributed by atoms with Crippen LogP contribution in [0.4, 0.5) is 4.39 Å². The van der Waals surface area contributed by atoms with Crippen LogP contribution in [0.1, 0.15) is 42.9 Å². The first-order valence-corrected chi connectivity index (χ1v) is 10.9. The number of aliphatic hydroxyl groups excluding tert-OH is 1. The first-order chi connectivity index (χ1) is 14.3. The molecule has 1 unspecified atom stereocenters. The Morgan fingerprint density at radius 2 is 1.97 bits per heavy atom. The molecule has 2 aliphatic heterocycles. The fraction of sp³-hybridized carbons (Fsp3) is 0.458. The summed E-state index contributed by atoms with van der Waals surface area (Å²) in [6, 6.07) is 11.0. The van der Waals surface area contributed by atoms with Gasteiger partial charge in [-0.1, -0.05) is 29.8 Å². The quantitative estimate of drug-likeness (QED) is 0.766. The van der Waals surface area contributed by atoms with Crippen molar-refractivity contribution in [3.8, 4) is 5.75 Å². The van der Waals surface area contributed by atoms with Crippen molar-refractivity contribution in [2.24, 2.45) is 0 Å². The number of carbonyl (C=O) groups excluding carboxylic acids is 1. The normalized spacial score (nSPS) is 21.4. The van der Waals surface area contributed by atoms with Crippen molar-refractivity contribution in [1.82, 2.24) is 4.90 Å². The van der Waals surface area contributed by atoms with E-state index < -0.39 is 11.4 Å². The number of amides is 1. The van der Waals surface area contributed by atoms with Gasteiger partial charge in [0.1, 0.15) is 17.2 Å². The minimum Gasteiger partial charge on any atom is -0.487 e. The second-order valence-electron chi connectivity index (χ2n) is 8.71. The average molecular weight is 432 g/mol. The number of carbonyl (C=O) groups is 1. The van der Waals surface area contributed by atoms with Gasteiger partial charge in [-0.15, -0.1) is 0 Å². The third-order valence-electron chi connectivity index (χ3n) is 6.05. The van der Waals surface area contributed by atoms with Crippen LogP contribution in [0.3, 0.4) is 0 Å². The van der Waals surface area contributed by atoms with Crippen LogP contribution in [0.5, 0.6) is 5.75 Å². The molecule has 0 bridgehead atoms. The van der Waals surface area contributed by atoms with Crippen LogP contribution in [-0.4, -0.2) is 40.7 Å². The molecule has 2 aromatic rings. The summed E-state index contributed by atoms with van der Waals surface area (Å²) >= 11 is 5.79. The summed E-state index contributed by atoms with van der Waals surface area (Å²) in [6.07, 6.45) is 3.53. The molecule has 4 nitrogen and oxygen atoms in total. The molecule has 1 N–H and O–H groups in total. The molecule has 30 heavy (non-hydrogen) atoms. The Kier molecular flexibility index (Phi) is 6.03. The van der Waals surface area contributed by atoms with E-state index >= 15 is 0 Å². The lowest BCUT2D eigenvalue weighted by Crippen LogP contribution is -2.40. The maximum atomic E-state index is 13.8. The van der Waals surface area contributed by atoms with Crippen LogP contribution >= 0.6 is 11.6 Å². The smallest absolute Gasteiger partial charge is 0.222 e. The average Bonchev–Trinajstić information content (AvgIpc) is 3.04. The molecule has 0 radical (unpaired) electrons. The van der Waals surface area contributed by atoms with Crippen LogP contribution < -0.4 is 4.74 Å². The van der Waals surface area contributed by atoms with Gasteiger partial charge in [0.2, 0.25) is 5.91 Å². The molecule has 2 aliphatic rings. The van der Waals surface area contributed by atoms with Gasteiger partial charge in [0.15, 0.2) is 0 Å². The zero-order chi connectivity index (χ0) is 21.3. The van der Waals surface area contributed by atoms with E-state index in [1.54, 1.807) is 6.07 Å². The van der Waals surface area contributed by atoms with Crippen molar-refractivity contribution in [2.75, 3.05) is 13.1 Å². The Labute approximate surface area is 181 Å². The monoisotopic (exact) mass is 431 g/mol. The third kappa shape index (κ3) is 4.79. The molecule has 1 saturated heterocycles. The summed E-state index contributed by atoms with van der Waals surface area (Å²) < 4.78 is 20.0. The van der Waals surface area contributed by atoms with Gasteiger partial charge < -0.3 is 14.7 Å². The molecule has 6 heteroatoms. The van der Waals surface area contributed by atoms with E-state index in [1.807, 2.05) is 30.0 Å². The zero-order valence-electron chi connectivity index (χ0n) is 17.2. The van der Waals surface area contributed by atoms with Gasteiger partial charge in [-0.25, -0.2) is 4.39 Å². The molecular weight excluding hydrogens is 405 g/mol. The highest BCUT2D eigenvalue weighted by molar-refractivity contribution is 6.30. The van der Waals surface area contributed by atoms with E-state index in [1.165, 1.54) is 6.07 Å². The number of benzene rings is 2. The minimum absolute atomic E-state index is 0.124. The largest absolute Gasteiger partial charge is 0.487 e. The molecule has 160 valence electrons. The number of rotatable bonds is 5. The number of aryl methyl sites for hydroxylation is 1. The molecule has 4 rings (SSSR count). The van der Waals surface area contributed by atoms with Crippen LogP contribution in [0, 0.1) is 5.82 Å². The third-order valence-corrected chi connectivity index (χ3v) is 6.36. The molecule has 1 amide bonds. The minimum atomic E-state index is -0.439. The number of nitrogens with zero attached hydrogens (tertiary/aromatic N) is 1. The second-order valence-corrected chi connectivity index (χ2v) is 9.12. The lowest BCUT2D eigenvalue weighted by molar-refractivity contribution is -0.133. The molecule has 1 fully saturated rings. The van der Waals surface area contributed by atoms with E-state index in [0.717, 1.165) is 28.9 Å². The van der Waals surface area contributed by atoms with Crippen LogP contribution in [0.25, 0.3) is 0 Å². The summed E-state index contributed by atoms with van der Waals surface area (Å²) in [5.41, 5.74) is 2.65. The highest BCUT2D eigenvalue weighted by Crippen LogP contribution is 2.38. The second kappa shape index (κ2) is 8.56. The Hall–Kier alpha value is -2.11. The number of hydrogen-bond donors (Lipinski definition) is 1. The van der Waals surface area contributed by atoms with Gasteiger partial charge in [0.25, 0.3) is 0 Å². The molecule has 2 aromatic carbocycles. The molecule has 0 aliphatic carbocycles. The van der Waals surface area contributed by atoms with Crippen molar-refractivity contribution in [3.05, 3.63) is 63.9 Å². The summed E-state index contributed by atoms with van der Waals surface area (Å²) in [6.45, 7) is 3.32. The molecule has 2 heterocycles. The summed E-state index contributed by atoms with van der Waals surface area (Å²) in [7, 11) is 0. The molecule has 0 saturated carbocycles. The summed E-state index contributed by atoms with van der Waals surface area (Å²) in [4.78, 5) is 14.3. The standard InChI is InChI=1S/C24H27ClFNO3/c1-24(14-17-2-5-20(25)21(26)13-17)15-18-12-16(3-6-22(18)30-24)4-7-23(29)27-10-8-19(28)9-11-27/h2-3,5-6,12-13,19,28H,4,7-11,14-15H2,1H3. The van der Waals surface area contributed by atoms with Gasteiger partial charge in [-0.05, 0) is 61.1 Å². The number of hydrogen-bond acceptors (Lipinski definition) is 3. The fourth-order valence-corrected chi connectivity index (χ4v) is 4.55. The van der Waals surface area contributed by atoms with E-state index in [9.17, 15) is 14.3 Å². The Morgan fingerprint density at radius 1 is 1.23 bits per heavy atom. The first kappa shape index (κ1) is 21.1. The Morgan fingerprint density at radius 3 is 2.70 bits per heavy atom. The van der Waals surface area contributed by atoms with Crippen LogP contribution in [0.15, 0.2) is 36.4 Å². The van der Waals surface area contributed by atoms with E-state index in [-0.39, 0.29) is 17.0 Å². The number of fused-ring (bicyclic) bond motifs is 1. The maximum absolute atomic E-state index is 13.8. The maximum Gasteiger partial charge on any atom is 0.222 e. The highest BCUT2D eigenvalue weighted by Gasteiger charge is 2.35. The van der Waals surface area contributed by atoms with Crippen molar-refractivity contribution in [3.63, 3.8) is 0 Å². The van der Waals surface area contributed by atoms with Crippen LogP contribution in [0.2, 0.25) is 5.02 Å². The fourth-order valence-electron chi connectivity index (χ4n) is 4.44. The molecule has 1 atom stereocenters. The molecule has 0 spiro atoms. The van der Waals surface area contributed by atoms with Crippen molar-refractivity contribution in [2.45, 2.75) is 57.2 Å². The Balaban J connectivity index is 1.36. The highest BCUT2D eigenvalue weighted by atomic mass is 35.5. The number of likely N-dealkylation sites (tertiary alicyclic amines) is 1. The van der Waals surface area contributed by atoms with Crippen molar-refractivity contribution in [1.29, 1.82) is 0 Å². The van der Waals surface area contributed by atoms with E-state index in [0.29, 0.717) is 45.2 Å². The topological polar surface area (TPSA) is 49.8 Å². The first-order valence-electron chi connectivity index (χ1n) is 10.5. The Bertz CT molecular complexity index is 942. The van der Waals surface area contributed by atoms with Gasteiger partial charge in [-0.2, -0.15) is 0 Å². The van der Waals surface area contributed by atoms with Crippen molar-refractivity contribution < 1.29 is 19.0 Å². The van der Waals surface area contributed by atoms with E-state index in [2.05, 4.69) is 6.07 Å². The predicted octanol–water partition coefficient (Wildman–Crippen LogP) is 4.33. The number of halogens is 2. The van der Waals surface area contributed by atoms with Gasteiger partial charge in [0.05, 0.1) is 11.1 Å². The van der Waals surface area contributed by atoms with Crippen LogP contribution in [-0.2, 0) is 24.1 Å². The molecular formula is C24H27ClFNO3. The predicted molar refractivity (Wildman–Crippen MR) is 114 cm³/mol. The number of ether oxygens (including phenoxy) is 1. The number of piperidine rings is 1. The van der Waals surface area contributed by atoms with Gasteiger partial charge >= 0.3 is 0 Å². The van der Waals surface area contributed by atoms with Gasteiger partial charge in [-0.3, -0.25) is 4.79 Å². The zero-order valence-corrected chi connectivity index (χ0v) is 17.9. The van der Waals surface area contributed by atoms with Crippen molar-refractivity contribution >= 4 is 17.5 Å². The summed E-state index contributed by atoms with van der Waals surface area (Å²) in [5.74, 6) is 0.587. The lowest BCUT2D eigenvalue weighted by atomic mass is 9.91. The summed E-state index contributed by atoms with van der Waals surface area (Å²) in [5, 5.41) is 9.72. The number of aliphatic hydroxyl groups is 1. The lowest BCUT2D eigenvalue weighted by Gasteiger charge is -2.29. The van der Waals surface area contributed by atoms with Gasteiger partial charge in [0, 0.05) is 32.4 Å².